The molecule has 0 aliphatic carbocycles. The molecule has 1 heterocycles. The number of aliphatic hydroxyl groups is 1. The van der Waals surface area contributed by atoms with Gasteiger partial charge < -0.3 is 5.11 Å². The molecule has 0 spiro atoms. The van der Waals surface area contributed by atoms with Crippen LogP contribution in [0.25, 0.3) is 0 Å². The molecule has 0 aliphatic heterocycles. The fourth-order valence-electron chi connectivity index (χ4n) is 0.984. The highest BCUT2D eigenvalue weighted by Gasteiger charge is 2.27. The van der Waals surface area contributed by atoms with E-state index in [1.54, 1.807) is 0 Å². The Hall–Kier alpha value is -1.34. The Morgan fingerprint density at radius 2 is 2.27 bits per heavy atom. The fraction of sp³-hybridized carbons (Fsp3) is 0.286. The van der Waals surface area contributed by atoms with Crippen LogP contribution in [-0.4, -0.2) is 15.0 Å². The van der Waals surface area contributed by atoms with Gasteiger partial charge in [0.25, 0.3) is 12.1 Å². The third kappa shape index (κ3) is 2.18. The summed E-state index contributed by atoms with van der Waals surface area (Å²) < 4.78 is 24.7. The van der Waals surface area contributed by atoms with Gasteiger partial charge in [0.1, 0.15) is 10.6 Å². The van der Waals surface area contributed by atoms with E-state index in [1.807, 2.05) is 0 Å². The minimum atomic E-state index is -3.04. The standard InChI is InChI=1S/C7H5ClF2N2O3/c8-5-4(2-13)11-1-3(7(9)10)6(5)12(14)15/h1,7,13H,2H2. The van der Waals surface area contributed by atoms with Crippen molar-refractivity contribution in [1.29, 1.82) is 0 Å². The summed E-state index contributed by atoms with van der Waals surface area (Å²) in [5, 5.41) is 18.6. The van der Waals surface area contributed by atoms with Crippen molar-refractivity contribution < 1.29 is 18.8 Å². The Morgan fingerprint density at radius 3 is 2.67 bits per heavy atom. The Kier molecular flexibility index (Phi) is 3.48. The van der Waals surface area contributed by atoms with Gasteiger partial charge in [-0.05, 0) is 0 Å². The zero-order valence-corrected chi connectivity index (χ0v) is 7.91. The number of nitro groups is 1. The second kappa shape index (κ2) is 4.45. The van der Waals surface area contributed by atoms with Crippen LogP contribution in [0.15, 0.2) is 6.20 Å². The topological polar surface area (TPSA) is 76.3 Å². The van der Waals surface area contributed by atoms with Gasteiger partial charge in [-0.3, -0.25) is 15.1 Å². The lowest BCUT2D eigenvalue weighted by Gasteiger charge is -2.05. The predicted molar refractivity (Wildman–Crippen MR) is 46.8 cm³/mol. The number of hydrogen-bond donors (Lipinski definition) is 1. The van der Waals surface area contributed by atoms with Gasteiger partial charge >= 0.3 is 0 Å². The second-order valence-electron chi connectivity index (χ2n) is 2.54. The summed E-state index contributed by atoms with van der Waals surface area (Å²) in [4.78, 5) is 12.9. The molecule has 1 aromatic rings. The van der Waals surface area contributed by atoms with Gasteiger partial charge in [0.15, 0.2) is 0 Å². The minimum Gasteiger partial charge on any atom is -0.390 e. The van der Waals surface area contributed by atoms with Gasteiger partial charge in [-0.15, -0.1) is 0 Å². The van der Waals surface area contributed by atoms with Crippen LogP contribution in [0.1, 0.15) is 17.7 Å². The van der Waals surface area contributed by atoms with Crippen LogP contribution in [0.2, 0.25) is 5.02 Å². The molecule has 0 unspecified atom stereocenters. The van der Waals surface area contributed by atoms with Crippen LogP contribution in [-0.2, 0) is 6.61 Å². The van der Waals surface area contributed by atoms with Crippen molar-refractivity contribution in [3.05, 3.63) is 32.6 Å². The van der Waals surface area contributed by atoms with Crippen molar-refractivity contribution in [2.45, 2.75) is 13.0 Å². The smallest absolute Gasteiger partial charge is 0.300 e. The molecule has 0 atom stereocenters. The van der Waals surface area contributed by atoms with Crippen molar-refractivity contribution in [2.75, 3.05) is 0 Å². The van der Waals surface area contributed by atoms with E-state index in [0.29, 0.717) is 6.20 Å². The maximum absolute atomic E-state index is 12.3. The van der Waals surface area contributed by atoms with Crippen molar-refractivity contribution in [2.24, 2.45) is 0 Å². The molecule has 15 heavy (non-hydrogen) atoms. The summed E-state index contributed by atoms with van der Waals surface area (Å²) in [5.41, 5.74) is -1.97. The molecule has 0 amide bonds. The van der Waals surface area contributed by atoms with Gasteiger partial charge in [0.05, 0.1) is 17.2 Å². The molecule has 0 aromatic carbocycles. The Bertz CT molecular complexity index is 400. The van der Waals surface area contributed by atoms with Crippen molar-refractivity contribution >= 4 is 17.3 Å². The Balaban J connectivity index is 3.44. The molecular formula is C7H5ClF2N2O3. The van der Waals surface area contributed by atoms with Crippen LogP contribution < -0.4 is 0 Å². The van der Waals surface area contributed by atoms with Crippen molar-refractivity contribution in [3.63, 3.8) is 0 Å². The van der Waals surface area contributed by atoms with Crippen LogP contribution in [0.5, 0.6) is 0 Å². The maximum atomic E-state index is 12.3. The molecule has 5 nitrogen and oxygen atoms in total. The summed E-state index contributed by atoms with van der Waals surface area (Å²) in [6.07, 6.45) is -2.40. The van der Waals surface area contributed by atoms with Crippen molar-refractivity contribution in [3.8, 4) is 0 Å². The first kappa shape index (κ1) is 11.7. The molecule has 0 bridgehead atoms. The van der Waals surface area contributed by atoms with Crippen LogP contribution >= 0.6 is 11.6 Å². The lowest BCUT2D eigenvalue weighted by atomic mass is 10.2. The molecule has 0 aliphatic rings. The molecular weight excluding hydrogens is 234 g/mol. The first-order valence-corrected chi connectivity index (χ1v) is 4.07. The largest absolute Gasteiger partial charge is 0.390 e. The molecule has 1 rings (SSSR count). The number of aromatic nitrogens is 1. The van der Waals surface area contributed by atoms with Crippen LogP contribution in [0.4, 0.5) is 14.5 Å². The van der Waals surface area contributed by atoms with Gasteiger partial charge in [0.2, 0.25) is 0 Å². The van der Waals surface area contributed by atoms with E-state index in [2.05, 4.69) is 4.98 Å². The number of alkyl halides is 2. The SMILES string of the molecule is O=[N+]([O-])c1c(C(F)F)cnc(CO)c1Cl. The van der Waals surface area contributed by atoms with Gasteiger partial charge in [-0.1, -0.05) is 11.6 Å². The Morgan fingerprint density at radius 1 is 1.67 bits per heavy atom. The van der Waals surface area contributed by atoms with Crippen molar-refractivity contribution in [1.82, 2.24) is 4.98 Å². The predicted octanol–water partition coefficient (Wildman–Crippen LogP) is 2.07. The molecule has 1 aromatic heterocycles. The van der Waals surface area contributed by atoms with E-state index in [0.717, 1.165) is 0 Å². The van der Waals surface area contributed by atoms with Gasteiger partial charge in [-0.25, -0.2) is 8.78 Å². The van der Waals surface area contributed by atoms with E-state index < -0.39 is 34.2 Å². The van der Waals surface area contributed by atoms with Crippen LogP contribution in [0, 0.1) is 10.1 Å². The average Bonchev–Trinajstić information content (AvgIpc) is 2.16. The summed E-state index contributed by atoms with van der Waals surface area (Å²) in [5.74, 6) is 0. The molecule has 0 saturated heterocycles. The van der Waals surface area contributed by atoms with E-state index in [1.165, 1.54) is 0 Å². The number of halogens is 3. The zero-order chi connectivity index (χ0) is 11.6. The molecule has 0 saturated carbocycles. The number of hydrogen-bond acceptors (Lipinski definition) is 4. The minimum absolute atomic E-state index is 0.201. The highest BCUT2D eigenvalue weighted by Crippen LogP contribution is 2.35. The summed E-state index contributed by atoms with van der Waals surface area (Å²) in [6.45, 7) is -0.650. The maximum Gasteiger partial charge on any atom is 0.300 e. The van der Waals surface area contributed by atoms with E-state index in [-0.39, 0.29) is 5.69 Å². The quantitative estimate of drug-likeness (QED) is 0.646. The lowest BCUT2D eigenvalue weighted by molar-refractivity contribution is -0.386. The van der Waals surface area contributed by atoms with Gasteiger partial charge in [-0.2, -0.15) is 0 Å². The van der Waals surface area contributed by atoms with E-state index in [9.17, 15) is 18.9 Å². The summed E-state index contributed by atoms with van der Waals surface area (Å²) in [6, 6.07) is 0. The zero-order valence-electron chi connectivity index (χ0n) is 7.15. The van der Waals surface area contributed by atoms with E-state index in [4.69, 9.17) is 16.7 Å². The number of rotatable bonds is 3. The molecule has 0 fully saturated rings. The number of aliphatic hydroxyl groups excluding tert-OH is 1. The monoisotopic (exact) mass is 238 g/mol. The number of pyridine rings is 1. The van der Waals surface area contributed by atoms with Crippen LogP contribution in [0.3, 0.4) is 0 Å². The Labute approximate surface area is 87.5 Å². The third-order valence-electron chi connectivity index (χ3n) is 1.66. The lowest BCUT2D eigenvalue weighted by Crippen LogP contribution is -2.02. The summed E-state index contributed by atoms with van der Waals surface area (Å²) in [7, 11) is 0. The highest BCUT2D eigenvalue weighted by atomic mass is 35.5. The molecule has 82 valence electrons. The third-order valence-corrected chi connectivity index (χ3v) is 2.06. The molecule has 8 heteroatoms. The van der Waals surface area contributed by atoms with E-state index >= 15 is 0 Å². The molecule has 0 radical (unpaired) electrons. The summed E-state index contributed by atoms with van der Waals surface area (Å²) >= 11 is 5.46. The first-order valence-electron chi connectivity index (χ1n) is 3.69. The normalized spacial score (nSPS) is 10.7. The first-order chi connectivity index (χ1) is 6.99. The highest BCUT2D eigenvalue weighted by molar-refractivity contribution is 6.33. The fourth-order valence-corrected chi connectivity index (χ4v) is 1.27. The number of nitrogens with zero attached hydrogens (tertiary/aromatic N) is 2. The second-order valence-corrected chi connectivity index (χ2v) is 2.92. The molecule has 1 N–H and O–H groups in total. The van der Waals surface area contributed by atoms with Gasteiger partial charge in [0, 0.05) is 6.20 Å². The average molecular weight is 239 g/mol.